The third-order valence-electron chi connectivity index (χ3n) is 3.70. The van der Waals surface area contributed by atoms with Gasteiger partial charge in [-0.05, 0) is 49.9 Å². The van der Waals surface area contributed by atoms with Crippen molar-refractivity contribution < 1.29 is 5.11 Å². The van der Waals surface area contributed by atoms with E-state index in [1.165, 1.54) is 27.8 Å². The van der Waals surface area contributed by atoms with Crippen LogP contribution in [0.3, 0.4) is 0 Å². The van der Waals surface area contributed by atoms with E-state index in [2.05, 4.69) is 39.8 Å². The van der Waals surface area contributed by atoms with Gasteiger partial charge in [0.25, 0.3) is 0 Å². The summed E-state index contributed by atoms with van der Waals surface area (Å²) in [6.07, 6.45) is 0.252. The van der Waals surface area contributed by atoms with Crippen LogP contribution < -0.4 is 0 Å². The Bertz CT molecular complexity index is 544. The Morgan fingerprint density at radius 1 is 0.842 bits per heavy atom. The molecule has 0 saturated carbocycles. The normalized spacial score (nSPS) is 12.5. The standard InChI is InChI=1S/C18H22O/c1-12-5-7-16(8-6-12)18(19)11-17-14(3)9-13(2)10-15(17)4/h5-10,18-19H,11H2,1-4H3. The summed E-state index contributed by atoms with van der Waals surface area (Å²) in [6.45, 7) is 8.42. The smallest absolute Gasteiger partial charge is 0.0830 e. The van der Waals surface area contributed by atoms with E-state index in [9.17, 15) is 5.11 Å². The molecule has 1 unspecified atom stereocenters. The third kappa shape index (κ3) is 3.24. The van der Waals surface area contributed by atoms with Crippen LogP contribution in [0.25, 0.3) is 0 Å². The fraction of sp³-hybridized carbons (Fsp3) is 0.333. The van der Waals surface area contributed by atoms with Crippen molar-refractivity contribution in [3.63, 3.8) is 0 Å². The minimum absolute atomic E-state index is 0.430. The average Bonchev–Trinajstić information content (AvgIpc) is 2.34. The lowest BCUT2D eigenvalue weighted by atomic mass is 9.93. The van der Waals surface area contributed by atoms with Crippen molar-refractivity contribution in [2.24, 2.45) is 0 Å². The predicted octanol–water partition coefficient (Wildman–Crippen LogP) is 4.20. The highest BCUT2D eigenvalue weighted by molar-refractivity contribution is 5.38. The van der Waals surface area contributed by atoms with Crippen molar-refractivity contribution in [2.75, 3.05) is 0 Å². The van der Waals surface area contributed by atoms with Crippen LogP contribution in [0.1, 0.15) is 39.5 Å². The Labute approximate surface area is 115 Å². The molecule has 1 heteroatoms. The van der Waals surface area contributed by atoms with Gasteiger partial charge in [-0.15, -0.1) is 0 Å². The zero-order valence-electron chi connectivity index (χ0n) is 12.2. The molecule has 0 radical (unpaired) electrons. The van der Waals surface area contributed by atoms with Crippen LogP contribution in [-0.4, -0.2) is 5.11 Å². The molecule has 0 fully saturated rings. The second-order valence-electron chi connectivity index (χ2n) is 5.51. The highest BCUT2D eigenvalue weighted by Crippen LogP contribution is 2.24. The maximum Gasteiger partial charge on any atom is 0.0830 e. The molecule has 2 aromatic rings. The minimum atomic E-state index is -0.430. The van der Waals surface area contributed by atoms with Gasteiger partial charge < -0.3 is 5.11 Å². The Morgan fingerprint density at radius 3 is 1.89 bits per heavy atom. The van der Waals surface area contributed by atoms with Gasteiger partial charge in [0, 0.05) is 6.42 Å². The highest BCUT2D eigenvalue weighted by atomic mass is 16.3. The lowest BCUT2D eigenvalue weighted by molar-refractivity contribution is 0.178. The molecule has 0 saturated heterocycles. The molecule has 0 heterocycles. The predicted molar refractivity (Wildman–Crippen MR) is 80.5 cm³/mol. The monoisotopic (exact) mass is 254 g/mol. The molecule has 100 valence electrons. The topological polar surface area (TPSA) is 20.2 Å². The molecule has 0 amide bonds. The van der Waals surface area contributed by atoms with Crippen LogP contribution in [0.4, 0.5) is 0 Å². The van der Waals surface area contributed by atoms with Gasteiger partial charge in [0.15, 0.2) is 0 Å². The number of hydrogen-bond acceptors (Lipinski definition) is 1. The maximum atomic E-state index is 10.4. The zero-order valence-corrected chi connectivity index (χ0v) is 12.2. The van der Waals surface area contributed by atoms with Crippen LogP contribution in [0, 0.1) is 27.7 Å². The van der Waals surface area contributed by atoms with Crippen LogP contribution >= 0.6 is 0 Å². The number of aryl methyl sites for hydroxylation is 4. The molecule has 1 N–H and O–H groups in total. The molecule has 0 aliphatic carbocycles. The third-order valence-corrected chi connectivity index (χ3v) is 3.70. The largest absolute Gasteiger partial charge is 0.388 e. The van der Waals surface area contributed by atoms with Crippen LogP contribution in [-0.2, 0) is 6.42 Å². The molecule has 0 aliphatic heterocycles. The Hall–Kier alpha value is -1.60. The number of aliphatic hydroxyl groups is 1. The van der Waals surface area contributed by atoms with E-state index in [1.54, 1.807) is 0 Å². The summed E-state index contributed by atoms with van der Waals surface area (Å²) in [6, 6.07) is 12.5. The highest BCUT2D eigenvalue weighted by Gasteiger charge is 2.12. The van der Waals surface area contributed by atoms with E-state index in [0.717, 1.165) is 5.56 Å². The molecular weight excluding hydrogens is 232 g/mol. The quantitative estimate of drug-likeness (QED) is 0.870. The first-order valence-corrected chi connectivity index (χ1v) is 6.78. The second-order valence-corrected chi connectivity index (χ2v) is 5.51. The van der Waals surface area contributed by atoms with Gasteiger partial charge in [-0.1, -0.05) is 47.5 Å². The van der Waals surface area contributed by atoms with Gasteiger partial charge in [0.1, 0.15) is 0 Å². The Kier molecular flexibility index (Phi) is 4.06. The number of rotatable bonds is 3. The Balaban J connectivity index is 2.24. The average molecular weight is 254 g/mol. The number of benzene rings is 2. The molecule has 0 aromatic heterocycles. The summed E-state index contributed by atoms with van der Waals surface area (Å²) >= 11 is 0. The van der Waals surface area contributed by atoms with E-state index >= 15 is 0 Å². The van der Waals surface area contributed by atoms with Gasteiger partial charge in [0.05, 0.1) is 6.10 Å². The lowest BCUT2D eigenvalue weighted by Gasteiger charge is -2.16. The van der Waals surface area contributed by atoms with Crippen molar-refractivity contribution in [3.8, 4) is 0 Å². The van der Waals surface area contributed by atoms with Crippen molar-refractivity contribution in [3.05, 3.63) is 69.8 Å². The van der Waals surface area contributed by atoms with Crippen molar-refractivity contribution >= 4 is 0 Å². The fourth-order valence-electron chi connectivity index (χ4n) is 2.63. The van der Waals surface area contributed by atoms with Gasteiger partial charge in [0.2, 0.25) is 0 Å². The van der Waals surface area contributed by atoms with Crippen molar-refractivity contribution in [1.29, 1.82) is 0 Å². The van der Waals surface area contributed by atoms with E-state index in [-0.39, 0.29) is 0 Å². The van der Waals surface area contributed by atoms with E-state index in [0.29, 0.717) is 6.42 Å². The number of hydrogen-bond donors (Lipinski definition) is 1. The zero-order chi connectivity index (χ0) is 14.0. The summed E-state index contributed by atoms with van der Waals surface area (Å²) in [5.74, 6) is 0. The first-order chi connectivity index (χ1) is 8.97. The van der Waals surface area contributed by atoms with Crippen LogP contribution in [0.2, 0.25) is 0 Å². The summed E-state index contributed by atoms with van der Waals surface area (Å²) in [5, 5.41) is 10.4. The molecule has 0 aliphatic rings. The summed E-state index contributed by atoms with van der Waals surface area (Å²) < 4.78 is 0. The van der Waals surface area contributed by atoms with Gasteiger partial charge >= 0.3 is 0 Å². The first-order valence-electron chi connectivity index (χ1n) is 6.78. The number of aliphatic hydroxyl groups excluding tert-OH is 1. The molecule has 1 atom stereocenters. The molecular formula is C18H22O. The molecule has 0 spiro atoms. The van der Waals surface area contributed by atoms with Gasteiger partial charge in [-0.2, -0.15) is 0 Å². The summed E-state index contributed by atoms with van der Waals surface area (Å²) in [5.41, 5.74) is 7.29. The van der Waals surface area contributed by atoms with E-state index in [1.807, 2.05) is 24.3 Å². The van der Waals surface area contributed by atoms with Crippen molar-refractivity contribution in [2.45, 2.75) is 40.2 Å². The molecule has 1 nitrogen and oxygen atoms in total. The van der Waals surface area contributed by atoms with Crippen LogP contribution in [0.15, 0.2) is 36.4 Å². The fourth-order valence-corrected chi connectivity index (χ4v) is 2.63. The first kappa shape index (κ1) is 13.8. The van der Waals surface area contributed by atoms with E-state index < -0.39 is 6.10 Å². The summed E-state index contributed by atoms with van der Waals surface area (Å²) in [7, 11) is 0. The molecule has 2 rings (SSSR count). The molecule has 19 heavy (non-hydrogen) atoms. The van der Waals surface area contributed by atoms with Crippen LogP contribution in [0.5, 0.6) is 0 Å². The molecule has 0 bridgehead atoms. The SMILES string of the molecule is Cc1ccc(C(O)Cc2c(C)cc(C)cc2C)cc1. The van der Waals surface area contributed by atoms with Crippen molar-refractivity contribution in [1.82, 2.24) is 0 Å². The van der Waals surface area contributed by atoms with E-state index in [4.69, 9.17) is 0 Å². The minimum Gasteiger partial charge on any atom is -0.388 e. The summed E-state index contributed by atoms with van der Waals surface area (Å²) in [4.78, 5) is 0. The van der Waals surface area contributed by atoms with Gasteiger partial charge in [-0.25, -0.2) is 0 Å². The maximum absolute atomic E-state index is 10.4. The van der Waals surface area contributed by atoms with Gasteiger partial charge in [-0.3, -0.25) is 0 Å². The molecule has 2 aromatic carbocycles. The lowest BCUT2D eigenvalue weighted by Crippen LogP contribution is -2.05. The Morgan fingerprint density at radius 2 is 1.37 bits per heavy atom. The second kappa shape index (κ2) is 5.58.